The summed E-state index contributed by atoms with van der Waals surface area (Å²) in [5.74, 6) is 0. The number of rotatable bonds is 4. The van der Waals surface area contributed by atoms with Gasteiger partial charge in [-0.25, -0.2) is 4.79 Å². The maximum Gasteiger partial charge on any atom is 0.322 e. The van der Waals surface area contributed by atoms with E-state index in [1.807, 2.05) is 44.2 Å². The van der Waals surface area contributed by atoms with Crippen molar-refractivity contribution >= 4 is 11.7 Å². The first-order valence-electron chi connectivity index (χ1n) is 7.26. The van der Waals surface area contributed by atoms with Crippen LogP contribution in [0.15, 0.2) is 53.5 Å². The van der Waals surface area contributed by atoms with Crippen LogP contribution >= 0.6 is 0 Å². The quantitative estimate of drug-likeness (QED) is 0.944. The number of benzene rings is 1. The molecule has 0 unspecified atom stereocenters. The smallest absolute Gasteiger partial charge is 0.318 e. The van der Waals surface area contributed by atoms with Gasteiger partial charge in [-0.05, 0) is 31.5 Å². The van der Waals surface area contributed by atoms with E-state index in [2.05, 4.69) is 5.32 Å². The average Bonchev–Trinajstić information content (AvgIpc) is 2.50. The van der Waals surface area contributed by atoms with Gasteiger partial charge in [0.15, 0.2) is 0 Å². The highest BCUT2D eigenvalue weighted by molar-refractivity contribution is 5.89. The van der Waals surface area contributed by atoms with Crippen LogP contribution in [0.1, 0.15) is 19.4 Å². The van der Waals surface area contributed by atoms with E-state index >= 15 is 0 Å². The Balaban J connectivity index is 2.17. The Morgan fingerprint density at radius 1 is 1.18 bits per heavy atom. The molecule has 0 radical (unpaired) electrons. The van der Waals surface area contributed by atoms with Crippen molar-refractivity contribution < 1.29 is 4.79 Å². The van der Waals surface area contributed by atoms with Gasteiger partial charge >= 0.3 is 6.03 Å². The third-order valence-corrected chi connectivity index (χ3v) is 3.44. The molecular weight excluding hydrogens is 278 g/mol. The molecule has 0 fully saturated rings. The van der Waals surface area contributed by atoms with Crippen LogP contribution in [0.25, 0.3) is 0 Å². The summed E-state index contributed by atoms with van der Waals surface area (Å²) >= 11 is 0. The van der Waals surface area contributed by atoms with E-state index in [-0.39, 0.29) is 23.3 Å². The van der Waals surface area contributed by atoms with Crippen molar-refractivity contribution in [1.29, 1.82) is 0 Å². The van der Waals surface area contributed by atoms with E-state index in [1.54, 1.807) is 30.3 Å². The van der Waals surface area contributed by atoms with Crippen molar-refractivity contribution in [2.75, 3.05) is 5.32 Å². The minimum absolute atomic E-state index is 0.0211. The van der Waals surface area contributed by atoms with Gasteiger partial charge in [0.05, 0.1) is 0 Å². The van der Waals surface area contributed by atoms with Crippen LogP contribution in [0, 0.1) is 0 Å². The number of carbonyl (C=O) groups is 1. The van der Waals surface area contributed by atoms with Crippen LogP contribution in [0.3, 0.4) is 0 Å². The molecule has 0 aliphatic rings. The molecular formula is C17H21N3O2. The highest BCUT2D eigenvalue weighted by atomic mass is 16.2. The van der Waals surface area contributed by atoms with Gasteiger partial charge in [-0.3, -0.25) is 4.79 Å². The molecule has 0 bridgehead atoms. The predicted octanol–water partition coefficient (Wildman–Crippen LogP) is 2.83. The standard InChI is InChI=1S/C17H21N3O2/c1-13(2)20(12-14-8-5-4-6-9-14)17(22)18-15-10-7-11-19(3)16(15)21/h4-11,13H,12H2,1-3H3,(H,18,22). The highest BCUT2D eigenvalue weighted by Crippen LogP contribution is 2.10. The van der Waals surface area contributed by atoms with Crippen LogP contribution < -0.4 is 10.9 Å². The Bertz CT molecular complexity index is 693. The fraction of sp³-hybridized carbons (Fsp3) is 0.294. The van der Waals surface area contributed by atoms with Crippen LogP contribution in [0.5, 0.6) is 0 Å². The number of hydrogen-bond donors (Lipinski definition) is 1. The summed E-state index contributed by atoms with van der Waals surface area (Å²) < 4.78 is 1.44. The van der Waals surface area contributed by atoms with E-state index in [0.717, 1.165) is 5.56 Å². The first-order chi connectivity index (χ1) is 10.5. The number of aromatic nitrogens is 1. The zero-order chi connectivity index (χ0) is 16.1. The molecule has 0 spiro atoms. The van der Waals surface area contributed by atoms with Gasteiger partial charge in [-0.2, -0.15) is 0 Å². The van der Waals surface area contributed by atoms with Gasteiger partial charge in [0.1, 0.15) is 5.69 Å². The van der Waals surface area contributed by atoms with Gasteiger partial charge in [0.25, 0.3) is 5.56 Å². The normalized spacial score (nSPS) is 10.5. The molecule has 0 aliphatic carbocycles. The molecule has 0 atom stereocenters. The molecule has 2 aromatic rings. The fourth-order valence-electron chi connectivity index (χ4n) is 2.15. The molecule has 5 nitrogen and oxygen atoms in total. The second kappa shape index (κ2) is 6.93. The molecule has 1 aromatic heterocycles. The lowest BCUT2D eigenvalue weighted by Gasteiger charge is -2.27. The molecule has 2 amide bonds. The van der Waals surface area contributed by atoms with Crippen molar-refractivity contribution in [3.8, 4) is 0 Å². The van der Waals surface area contributed by atoms with Crippen LogP contribution in [0.4, 0.5) is 10.5 Å². The van der Waals surface area contributed by atoms with Crippen molar-refractivity contribution in [1.82, 2.24) is 9.47 Å². The zero-order valence-electron chi connectivity index (χ0n) is 13.1. The second-order valence-electron chi connectivity index (χ2n) is 5.48. The van der Waals surface area contributed by atoms with Gasteiger partial charge in [-0.15, -0.1) is 0 Å². The Morgan fingerprint density at radius 3 is 2.50 bits per heavy atom. The maximum atomic E-state index is 12.5. The molecule has 22 heavy (non-hydrogen) atoms. The highest BCUT2D eigenvalue weighted by Gasteiger charge is 2.18. The van der Waals surface area contributed by atoms with Gasteiger partial charge < -0.3 is 14.8 Å². The lowest BCUT2D eigenvalue weighted by molar-refractivity contribution is 0.193. The first-order valence-corrected chi connectivity index (χ1v) is 7.26. The van der Waals surface area contributed by atoms with Crippen LogP contribution in [0.2, 0.25) is 0 Å². The number of amides is 2. The molecule has 1 N–H and O–H groups in total. The topological polar surface area (TPSA) is 54.3 Å². The Labute approximate surface area is 130 Å². The lowest BCUT2D eigenvalue weighted by Crippen LogP contribution is -2.40. The maximum absolute atomic E-state index is 12.5. The molecule has 0 aliphatic heterocycles. The van der Waals surface area contributed by atoms with Crippen molar-refractivity contribution in [2.24, 2.45) is 7.05 Å². The Kier molecular flexibility index (Phi) is 4.99. The minimum atomic E-state index is -0.276. The van der Waals surface area contributed by atoms with E-state index in [0.29, 0.717) is 6.54 Å². The number of hydrogen-bond acceptors (Lipinski definition) is 2. The summed E-state index contributed by atoms with van der Waals surface area (Å²) in [5.41, 5.74) is 1.11. The monoisotopic (exact) mass is 299 g/mol. The summed E-state index contributed by atoms with van der Waals surface area (Å²) in [6.45, 7) is 4.40. The van der Waals surface area contributed by atoms with Gasteiger partial charge in [0, 0.05) is 25.8 Å². The van der Waals surface area contributed by atoms with Crippen LogP contribution in [-0.4, -0.2) is 21.5 Å². The number of aryl methyl sites for hydroxylation is 1. The Hall–Kier alpha value is -2.56. The SMILES string of the molecule is CC(C)N(Cc1ccccc1)C(=O)Nc1cccn(C)c1=O. The van der Waals surface area contributed by atoms with Gasteiger partial charge in [0.2, 0.25) is 0 Å². The van der Waals surface area contributed by atoms with Crippen molar-refractivity contribution in [3.05, 3.63) is 64.6 Å². The third-order valence-electron chi connectivity index (χ3n) is 3.44. The van der Waals surface area contributed by atoms with Gasteiger partial charge in [-0.1, -0.05) is 30.3 Å². The third kappa shape index (κ3) is 3.75. The number of anilines is 1. The van der Waals surface area contributed by atoms with E-state index in [1.165, 1.54) is 4.57 Å². The Morgan fingerprint density at radius 2 is 1.86 bits per heavy atom. The lowest BCUT2D eigenvalue weighted by atomic mass is 10.2. The molecule has 1 aromatic carbocycles. The zero-order valence-corrected chi connectivity index (χ0v) is 13.1. The first kappa shape index (κ1) is 15.8. The van der Waals surface area contributed by atoms with Crippen LogP contribution in [-0.2, 0) is 13.6 Å². The summed E-state index contributed by atoms with van der Waals surface area (Å²) in [5, 5.41) is 2.71. The number of urea groups is 1. The molecule has 1 heterocycles. The molecule has 0 saturated carbocycles. The summed E-state index contributed by atoms with van der Waals surface area (Å²) in [6.07, 6.45) is 1.65. The minimum Gasteiger partial charge on any atom is -0.318 e. The summed E-state index contributed by atoms with van der Waals surface area (Å²) in [7, 11) is 1.65. The second-order valence-corrected chi connectivity index (χ2v) is 5.48. The number of carbonyl (C=O) groups excluding carboxylic acids is 1. The van der Waals surface area contributed by atoms with E-state index < -0.39 is 0 Å². The average molecular weight is 299 g/mol. The largest absolute Gasteiger partial charge is 0.322 e. The summed E-state index contributed by atoms with van der Waals surface area (Å²) in [6, 6.07) is 12.9. The predicted molar refractivity (Wildman–Crippen MR) is 87.8 cm³/mol. The molecule has 0 saturated heterocycles. The van der Waals surface area contributed by atoms with E-state index in [9.17, 15) is 9.59 Å². The molecule has 5 heteroatoms. The molecule has 2 rings (SSSR count). The number of nitrogens with one attached hydrogen (secondary N) is 1. The number of nitrogens with zero attached hydrogens (tertiary/aromatic N) is 2. The van der Waals surface area contributed by atoms with Crippen molar-refractivity contribution in [2.45, 2.75) is 26.4 Å². The molecule has 116 valence electrons. The number of pyridine rings is 1. The van der Waals surface area contributed by atoms with E-state index in [4.69, 9.17) is 0 Å². The fourth-order valence-corrected chi connectivity index (χ4v) is 2.15. The summed E-state index contributed by atoms with van der Waals surface area (Å²) in [4.78, 5) is 26.2. The van der Waals surface area contributed by atoms with Crippen molar-refractivity contribution in [3.63, 3.8) is 0 Å².